The number of carboxylic acid groups (broad SMARTS) is 1. The van der Waals surface area contributed by atoms with Crippen molar-refractivity contribution in [1.82, 2.24) is 19.7 Å². The molecule has 0 bridgehead atoms. The first-order valence-electron chi connectivity index (χ1n) is 13.8. The molecule has 10 nitrogen and oxygen atoms in total. The number of carboxylic acids is 1. The zero-order valence-corrected chi connectivity index (χ0v) is 27.4. The van der Waals surface area contributed by atoms with E-state index < -0.39 is 12.0 Å². The monoisotopic (exact) mass is 628 g/mol. The van der Waals surface area contributed by atoms with Gasteiger partial charge in [0.05, 0.1) is 11.0 Å². The summed E-state index contributed by atoms with van der Waals surface area (Å²) in [6.07, 6.45) is 5.92. The molecule has 1 aromatic rings. The zero-order chi connectivity index (χ0) is 30.6. The summed E-state index contributed by atoms with van der Waals surface area (Å²) in [5.74, 6) is -1.11. The Balaban J connectivity index is 1.73. The summed E-state index contributed by atoms with van der Waals surface area (Å²) in [4.78, 5) is 57.8. The average molecular weight is 629 g/mol. The van der Waals surface area contributed by atoms with Crippen LogP contribution in [-0.2, 0) is 19.1 Å². The molecule has 0 saturated heterocycles. The van der Waals surface area contributed by atoms with Gasteiger partial charge in [-0.25, -0.2) is 14.6 Å². The van der Waals surface area contributed by atoms with Crippen LogP contribution in [0.1, 0.15) is 59.3 Å². The maximum absolute atomic E-state index is 12.8. The van der Waals surface area contributed by atoms with E-state index in [1.54, 1.807) is 46.8 Å². The minimum Gasteiger partial charge on any atom is -0.480 e. The number of hydrogen-bond acceptors (Lipinski definition) is 9. The van der Waals surface area contributed by atoms with Gasteiger partial charge in [-0.05, 0) is 55.5 Å². The van der Waals surface area contributed by atoms with Crippen LogP contribution in [0.25, 0.3) is 0 Å². The first-order chi connectivity index (χ1) is 19.3. The highest BCUT2D eigenvalue weighted by atomic mass is 33.1. The topological polar surface area (TPSA) is 120 Å². The van der Waals surface area contributed by atoms with Crippen LogP contribution in [0.3, 0.4) is 0 Å². The lowest BCUT2D eigenvalue weighted by atomic mass is 9.97. The van der Waals surface area contributed by atoms with Gasteiger partial charge in [-0.2, -0.15) is 0 Å². The van der Waals surface area contributed by atoms with Crippen molar-refractivity contribution in [2.75, 3.05) is 40.0 Å². The first kappa shape index (κ1) is 35.1. The number of aliphatic carboxylic acids is 1. The second kappa shape index (κ2) is 17.1. The number of thioether (sulfide) groups is 1. The fourth-order valence-electron chi connectivity index (χ4n) is 3.96. The SMILES string of the molecule is C[C@@H](C(=O)O)N(C)C(=O)CCC(C)(C)SCC(=O)N(C)CCN(C)C(=O)O[C@H]1CCCC[C@@H]1SSc1ccccn1. The van der Waals surface area contributed by atoms with Crippen molar-refractivity contribution >= 4 is 57.2 Å². The molecule has 1 fully saturated rings. The molecule has 41 heavy (non-hydrogen) atoms. The summed E-state index contributed by atoms with van der Waals surface area (Å²) in [6, 6.07) is 4.93. The number of aromatic nitrogens is 1. The van der Waals surface area contributed by atoms with E-state index in [1.165, 1.54) is 35.5 Å². The van der Waals surface area contributed by atoms with Gasteiger partial charge in [0, 0.05) is 51.6 Å². The standard InChI is InChI=1S/C28H44N4O6S3/c1-20(26(35)36)32(6)24(33)14-15-28(2,3)39-19-25(34)30(4)17-18-31(5)27(37)38-21-11-7-8-12-22(21)40-41-23-13-9-10-16-29-23/h9-10,13,16,20-22H,7-8,11-12,14-15,17-19H2,1-6H3,(H,35,36)/t20-,21-,22-/m0/s1. The maximum atomic E-state index is 12.8. The van der Waals surface area contributed by atoms with Gasteiger partial charge in [0.25, 0.3) is 0 Å². The van der Waals surface area contributed by atoms with Crippen LogP contribution in [0.4, 0.5) is 4.79 Å². The number of likely N-dealkylation sites (N-methyl/N-ethyl adjacent to an activating group) is 3. The highest BCUT2D eigenvalue weighted by Crippen LogP contribution is 2.40. The Morgan fingerprint density at radius 2 is 1.76 bits per heavy atom. The Morgan fingerprint density at radius 3 is 2.41 bits per heavy atom. The van der Waals surface area contributed by atoms with Crippen molar-refractivity contribution < 1.29 is 29.0 Å². The van der Waals surface area contributed by atoms with E-state index in [0.717, 1.165) is 30.7 Å². The maximum Gasteiger partial charge on any atom is 0.409 e. The van der Waals surface area contributed by atoms with Crippen LogP contribution < -0.4 is 0 Å². The van der Waals surface area contributed by atoms with E-state index in [-0.39, 0.29) is 46.2 Å². The van der Waals surface area contributed by atoms with E-state index in [9.17, 15) is 19.2 Å². The second-order valence-electron chi connectivity index (χ2n) is 10.9. The summed E-state index contributed by atoms with van der Waals surface area (Å²) in [7, 11) is 8.21. The van der Waals surface area contributed by atoms with Crippen molar-refractivity contribution in [3.05, 3.63) is 24.4 Å². The lowest BCUT2D eigenvalue weighted by molar-refractivity contribution is -0.148. The summed E-state index contributed by atoms with van der Waals surface area (Å²) in [5.41, 5.74) is 0. The minimum absolute atomic E-state index is 0.0666. The third-order valence-corrected chi connectivity index (χ3v) is 11.4. The largest absolute Gasteiger partial charge is 0.480 e. The Morgan fingerprint density at radius 1 is 1.07 bits per heavy atom. The molecule has 0 spiro atoms. The molecule has 1 saturated carbocycles. The van der Waals surface area contributed by atoms with Crippen LogP contribution in [-0.4, -0.2) is 111 Å². The van der Waals surface area contributed by atoms with Crippen molar-refractivity contribution in [1.29, 1.82) is 0 Å². The highest BCUT2D eigenvalue weighted by Gasteiger charge is 2.31. The normalized spacial score (nSPS) is 17.8. The number of carbonyl (C=O) groups excluding carboxylic acids is 3. The Labute approximate surface area is 256 Å². The van der Waals surface area contributed by atoms with Gasteiger partial charge in [-0.3, -0.25) is 9.59 Å². The molecule has 0 aliphatic heterocycles. The van der Waals surface area contributed by atoms with Gasteiger partial charge in [0.1, 0.15) is 17.2 Å². The van der Waals surface area contributed by atoms with E-state index in [4.69, 9.17) is 9.84 Å². The van der Waals surface area contributed by atoms with Crippen molar-refractivity contribution in [3.8, 4) is 0 Å². The molecule has 1 aromatic heterocycles. The molecule has 1 aliphatic rings. The third-order valence-electron chi connectivity index (χ3n) is 7.16. The van der Waals surface area contributed by atoms with Gasteiger partial charge in [-0.15, -0.1) is 11.8 Å². The van der Waals surface area contributed by atoms with Crippen molar-refractivity contribution in [3.63, 3.8) is 0 Å². The summed E-state index contributed by atoms with van der Waals surface area (Å²) < 4.78 is 5.55. The molecular weight excluding hydrogens is 585 g/mol. The lowest BCUT2D eigenvalue weighted by Gasteiger charge is -2.32. The Kier molecular flexibility index (Phi) is 14.6. The number of amides is 3. The highest BCUT2D eigenvalue weighted by molar-refractivity contribution is 8.76. The molecule has 0 unspecified atom stereocenters. The van der Waals surface area contributed by atoms with Gasteiger partial charge in [0.2, 0.25) is 11.8 Å². The number of ether oxygens (including phenoxy) is 1. The smallest absolute Gasteiger partial charge is 0.409 e. The van der Waals surface area contributed by atoms with E-state index in [2.05, 4.69) is 4.98 Å². The summed E-state index contributed by atoms with van der Waals surface area (Å²) >= 11 is 1.46. The van der Waals surface area contributed by atoms with Gasteiger partial charge < -0.3 is 24.5 Å². The number of nitrogens with zero attached hydrogens (tertiary/aromatic N) is 4. The van der Waals surface area contributed by atoms with E-state index >= 15 is 0 Å². The van der Waals surface area contributed by atoms with E-state index in [1.807, 2.05) is 32.0 Å². The molecule has 1 heterocycles. The zero-order valence-electron chi connectivity index (χ0n) is 24.9. The predicted octanol–water partition coefficient (Wildman–Crippen LogP) is 4.88. The summed E-state index contributed by atoms with van der Waals surface area (Å²) in [5, 5.41) is 10.2. The van der Waals surface area contributed by atoms with Crippen LogP contribution in [0.15, 0.2) is 29.4 Å². The molecule has 2 rings (SSSR count). The van der Waals surface area contributed by atoms with Crippen LogP contribution in [0.2, 0.25) is 0 Å². The predicted molar refractivity (Wildman–Crippen MR) is 166 cm³/mol. The number of rotatable bonds is 15. The molecule has 3 amide bonds. The molecule has 13 heteroatoms. The number of pyridine rings is 1. The molecule has 1 N–H and O–H groups in total. The third kappa shape index (κ3) is 12.3. The van der Waals surface area contributed by atoms with Crippen LogP contribution >= 0.6 is 33.3 Å². The fourth-order valence-corrected chi connectivity index (χ4v) is 7.60. The Hall–Kier alpha value is -2.12. The van der Waals surface area contributed by atoms with Crippen LogP contribution in [0.5, 0.6) is 0 Å². The molecule has 3 atom stereocenters. The second-order valence-corrected chi connectivity index (χ2v) is 15.0. The molecule has 230 valence electrons. The minimum atomic E-state index is -1.05. The average Bonchev–Trinajstić information content (AvgIpc) is 2.96. The van der Waals surface area contributed by atoms with Crippen molar-refractivity contribution in [2.45, 2.75) is 86.5 Å². The fraction of sp³-hybridized carbons (Fsp3) is 0.679. The van der Waals surface area contributed by atoms with E-state index in [0.29, 0.717) is 19.5 Å². The molecular formula is C28H44N4O6S3. The summed E-state index contributed by atoms with van der Waals surface area (Å²) in [6.45, 7) is 6.13. The van der Waals surface area contributed by atoms with Crippen molar-refractivity contribution in [2.24, 2.45) is 0 Å². The molecule has 0 radical (unpaired) electrons. The number of carbonyl (C=O) groups is 4. The molecule has 1 aliphatic carbocycles. The first-order valence-corrected chi connectivity index (χ1v) is 17.0. The quantitative estimate of drug-likeness (QED) is 0.269. The van der Waals surface area contributed by atoms with Gasteiger partial charge in [-0.1, -0.05) is 37.1 Å². The Bertz CT molecular complexity index is 1020. The number of hydrogen-bond donors (Lipinski definition) is 1. The van der Waals surface area contributed by atoms with Gasteiger partial charge in [0.15, 0.2) is 0 Å². The lowest BCUT2D eigenvalue weighted by Crippen LogP contribution is -2.41. The van der Waals surface area contributed by atoms with Crippen LogP contribution in [0, 0.1) is 0 Å². The van der Waals surface area contributed by atoms with Gasteiger partial charge >= 0.3 is 12.1 Å². The molecule has 0 aromatic carbocycles.